The maximum atomic E-state index is 12.8. The molecule has 23 heavy (non-hydrogen) atoms. The Kier molecular flexibility index (Phi) is 3.62. The summed E-state index contributed by atoms with van der Waals surface area (Å²) in [5.41, 5.74) is 0.545. The van der Waals surface area contributed by atoms with E-state index in [1.807, 2.05) is 24.1 Å². The predicted molar refractivity (Wildman–Crippen MR) is 84.8 cm³/mol. The monoisotopic (exact) mass is 316 g/mol. The Morgan fingerprint density at radius 1 is 1.35 bits per heavy atom. The Balaban J connectivity index is 1.51. The normalized spacial score (nSPS) is 30.3. The molecule has 1 aromatic rings. The van der Waals surface area contributed by atoms with Gasteiger partial charge in [-0.2, -0.15) is 5.10 Å². The van der Waals surface area contributed by atoms with Crippen LogP contribution < -0.4 is 0 Å². The molecule has 1 aromatic heterocycles. The van der Waals surface area contributed by atoms with E-state index in [4.69, 9.17) is 0 Å². The maximum absolute atomic E-state index is 12.8. The lowest BCUT2D eigenvalue weighted by Gasteiger charge is -2.52. The lowest BCUT2D eigenvalue weighted by atomic mass is 9.76. The van der Waals surface area contributed by atoms with Gasteiger partial charge in [-0.25, -0.2) is 0 Å². The second-order valence-corrected chi connectivity index (χ2v) is 7.13. The number of piperidine rings is 3. The van der Waals surface area contributed by atoms with Crippen molar-refractivity contribution in [1.82, 2.24) is 19.6 Å². The average Bonchev–Trinajstić information content (AvgIpc) is 3.04. The van der Waals surface area contributed by atoms with Gasteiger partial charge in [0, 0.05) is 44.8 Å². The number of rotatable bonds is 2. The van der Waals surface area contributed by atoms with Crippen molar-refractivity contribution in [3.63, 3.8) is 0 Å². The van der Waals surface area contributed by atoms with E-state index in [1.54, 1.807) is 4.68 Å². The summed E-state index contributed by atoms with van der Waals surface area (Å²) >= 11 is 0. The number of nitrogens with zero attached hydrogens (tertiary/aromatic N) is 4. The van der Waals surface area contributed by atoms with Crippen LogP contribution in [-0.2, 0) is 11.3 Å². The standard InChI is InChI=1S/C17H24N4O2/c1-2-20-7-6-14(18-20)17(23)19-9-12-8-13(11-19)15-4-3-5-16(22)21(15)10-12/h6-7,12-13,15H,2-5,8-11H2,1H3/t12-,13-,15-/m1/s1. The summed E-state index contributed by atoms with van der Waals surface area (Å²) in [5, 5.41) is 4.35. The van der Waals surface area contributed by atoms with Crippen molar-refractivity contribution < 1.29 is 9.59 Å². The highest BCUT2D eigenvalue weighted by molar-refractivity contribution is 5.92. The van der Waals surface area contributed by atoms with E-state index in [2.05, 4.69) is 10.00 Å². The average molecular weight is 316 g/mol. The molecule has 3 saturated heterocycles. The van der Waals surface area contributed by atoms with E-state index in [-0.39, 0.29) is 5.91 Å². The topological polar surface area (TPSA) is 58.4 Å². The van der Waals surface area contributed by atoms with Crippen LogP contribution in [0.3, 0.4) is 0 Å². The highest BCUT2D eigenvalue weighted by atomic mass is 16.2. The second kappa shape index (κ2) is 5.65. The number of likely N-dealkylation sites (tertiary alicyclic amines) is 1. The van der Waals surface area contributed by atoms with Crippen molar-refractivity contribution in [2.45, 2.75) is 45.2 Å². The van der Waals surface area contributed by atoms with Gasteiger partial charge in [0.1, 0.15) is 5.69 Å². The van der Waals surface area contributed by atoms with Crippen LogP contribution in [0.2, 0.25) is 0 Å². The Morgan fingerprint density at radius 3 is 3.00 bits per heavy atom. The number of carbonyl (C=O) groups excluding carboxylic acids is 2. The van der Waals surface area contributed by atoms with Gasteiger partial charge >= 0.3 is 0 Å². The zero-order valence-electron chi connectivity index (χ0n) is 13.6. The molecular weight excluding hydrogens is 292 g/mol. The molecule has 3 aliphatic rings. The van der Waals surface area contributed by atoms with Crippen LogP contribution >= 0.6 is 0 Å². The first-order chi connectivity index (χ1) is 11.2. The van der Waals surface area contributed by atoms with Crippen molar-refractivity contribution in [2.24, 2.45) is 11.8 Å². The number of hydrogen-bond donors (Lipinski definition) is 0. The highest BCUT2D eigenvalue weighted by Gasteiger charge is 2.45. The van der Waals surface area contributed by atoms with E-state index in [0.717, 1.165) is 45.4 Å². The van der Waals surface area contributed by atoms with Crippen LogP contribution in [0, 0.1) is 11.8 Å². The molecule has 6 nitrogen and oxygen atoms in total. The van der Waals surface area contributed by atoms with Crippen LogP contribution in [-0.4, -0.2) is 57.1 Å². The molecule has 6 heteroatoms. The minimum absolute atomic E-state index is 0.0440. The lowest BCUT2D eigenvalue weighted by Crippen LogP contribution is -2.61. The van der Waals surface area contributed by atoms with E-state index in [0.29, 0.717) is 35.9 Å². The van der Waals surface area contributed by atoms with Crippen LogP contribution in [0.5, 0.6) is 0 Å². The Hall–Kier alpha value is -1.85. The van der Waals surface area contributed by atoms with Gasteiger partial charge in [-0.3, -0.25) is 14.3 Å². The molecule has 3 fully saturated rings. The molecule has 3 aliphatic heterocycles. The van der Waals surface area contributed by atoms with E-state index in [1.165, 1.54) is 0 Å². The van der Waals surface area contributed by atoms with Gasteiger partial charge in [0.2, 0.25) is 5.91 Å². The number of carbonyl (C=O) groups is 2. The van der Waals surface area contributed by atoms with Gasteiger partial charge < -0.3 is 9.80 Å². The van der Waals surface area contributed by atoms with Crippen molar-refractivity contribution in [3.05, 3.63) is 18.0 Å². The van der Waals surface area contributed by atoms with Crippen LogP contribution in [0.25, 0.3) is 0 Å². The first-order valence-electron chi connectivity index (χ1n) is 8.78. The smallest absolute Gasteiger partial charge is 0.274 e. The second-order valence-electron chi connectivity index (χ2n) is 7.13. The Bertz CT molecular complexity index is 626. The first-order valence-corrected chi connectivity index (χ1v) is 8.78. The molecule has 0 aromatic carbocycles. The molecule has 4 heterocycles. The summed E-state index contributed by atoms with van der Waals surface area (Å²) < 4.78 is 1.79. The van der Waals surface area contributed by atoms with Crippen LogP contribution in [0.1, 0.15) is 43.1 Å². The summed E-state index contributed by atoms with van der Waals surface area (Å²) in [6.07, 6.45) is 5.81. The molecule has 4 rings (SSSR count). The molecule has 0 aliphatic carbocycles. The molecule has 0 spiro atoms. The van der Waals surface area contributed by atoms with E-state index < -0.39 is 0 Å². The minimum atomic E-state index is 0.0440. The van der Waals surface area contributed by atoms with Gasteiger partial charge in [0.25, 0.3) is 5.91 Å². The maximum Gasteiger partial charge on any atom is 0.274 e. The Morgan fingerprint density at radius 2 is 2.22 bits per heavy atom. The number of hydrogen-bond acceptors (Lipinski definition) is 3. The zero-order chi connectivity index (χ0) is 16.0. The van der Waals surface area contributed by atoms with Crippen molar-refractivity contribution in [1.29, 1.82) is 0 Å². The molecule has 2 bridgehead atoms. The van der Waals surface area contributed by atoms with E-state index in [9.17, 15) is 9.59 Å². The lowest BCUT2D eigenvalue weighted by molar-refractivity contribution is -0.144. The summed E-state index contributed by atoms with van der Waals surface area (Å²) in [5.74, 6) is 1.22. The molecule has 0 unspecified atom stereocenters. The SMILES string of the molecule is CCn1ccc(C(=O)N2C[C@H]3C[C@H](C2)[C@H]2CCCC(=O)N2C3)n1. The number of amides is 2. The predicted octanol–water partition coefficient (Wildman–Crippen LogP) is 1.38. The zero-order valence-corrected chi connectivity index (χ0v) is 13.6. The summed E-state index contributed by atoms with van der Waals surface area (Å²) in [6, 6.07) is 2.16. The van der Waals surface area contributed by atoms with Gasteiger partial charge in [-0.15, -0.1) is 0 Å². The fraction of sp³-hybridized carbons (Fsp3) is 0.706. The number of aryl methyl sites for hydroxylation is 1. The molecule has 0 radical (unpaired) electrons. The molecule has 2 amide bonds. The largest absolute Gasteiger partial charge is 0.339 e. The van der Waals surface area contributed by atoms with Gasteiger partial charge in [0.05, 0.1) is 0 Å². The molecule has 124 valence electrons. The first kappa shape index (κ1) is 14.7. The third-order valence-electron chi connectivity index (χ3n) is 5.65. The third-order valence-corrected chi connectivity index (χ3v) is 5.65. The molecular formula is C17H24N4O2. The van der Waals surface area contributed by atoms with E-state index >= 15 is 0 Å². The van der Waals surface area contributed by atoms with Crippen molar-refractivity contribution in [3.8, 4) is 0 Å². The van der Waals surface area contributed by atoms with Gasteiger partial charge in [-0.1, -0.05) is 0 Å². The van der Waals surface area contributed by atoms with Crippen LogP contribution in [0.15, 0.2) is 12.3 Å². The van der Waals surface area contributed by atoms with Crippen molar-refractivity contribution >= 4 is 11.8 Å². The fourth-order valence-electron chi connectivity index (χ4n) is 4.59. The fourth-order valence-corrected chi connectivity index (χ4v) is 4.59. The molecule has 0 N–H and O–H groups in total. The summed E-state index contributed by atoms with van der Waals surface area (Å²) in [7, 11) is 0. The van der Waals surface area contributed by atoms with Gasteiger partial charge in [-0.05, 0) is 44.1 Å². The minimum Gasteiger partial charge on any atom is -0.339 e. The quantitative estimate of drug-likeness (QED) is 0.828. The summed E-state index contributed by atoms with van der Waals surface area (Å²) in [6.45, 7) is 5.14. The Labute approximate surface area is 136 Å². The number of fused-ring (bicyclic) bond motifs is 4. The number of aromatic nitrogens is 2. The molecule has 0 saturated carbocycles. The van der Waals surface area contributed by atoms with Gasteiger partial charge in [0.15, 0.2) is 0 Å². The third kappa shape index (κ3) is 2.54. The van der Waals surface area contributed by atoms with Crippen LogP contribution in [0.4, 0.5) is 0 Å². The highest BCUT2D eigenvalue weighted by Crippen LogP contribution is 2.38. The molecule has 3 atom stereocenters. The van der Waals surface area contributed by atoms with Crippen molar-refractivity contribution in [2.75, 3.05) is 19.6 Å². The summed E-state index contributed by atoms with van der Waals surface area (Å²) in [4.78, 5) is 29.0.